The molecule has 0 spiro atoms. The van der Waals surface area contributed by atoms with Gasteiger partial charge in [-0.25, -0.2) is 9.67 Å². The Morgan fingerprint density at radius 2 is 1.68 bits per heavy atom. The number of nitrogens with two attached hydrogens (primary N) is 1. The number of rotatable bonds is 7. The van der Waals surface area contributed by atoms with Gasteiger partial charge in [-0.15, -0.1) is 0 Å². The van der Waals surface area contributed by atoms with E-state index in [-0.39, 0.29) is 11.3 Å². The number of benzene rings is 2. The smallest absolute Gasteiger partial charge is 0.235 e. The van der Waals surface area contributed by atoms with Crippen LogP contribution in [0.4, 0.5) is 11.5 Å². The van der Waals surface area contributed by atoms with E-state index in [2.05, 4.69) is 59.3 Å². The molecule has 0 atom stereocenters. The van der Waals surface area contributed by atoms with Crippen molar-refractivity contribution >= 4 is 28.4 Å². The van der Waals surface area contributed by atoms with E-state index >= 15 is 0 Å². The minimum absolute atomic E-state index is 0.0576. The zero-order valence-corrected chi connectivity index (χ0v) is 23.9. The number of hydrogen-bond acceptors (Lipinski definition) is 6. The third-order valence-electron chi connectivity index (χ3n) is 8.69. The lowest BCUT2D eigenvalue weighted by Gasteiger charge is -2.37. The molecule has 40 heavy (non-hydrogen) atoms. The molecule has 3 N–H and O–H groups in total. The zero-order chi connectivity index (χ0) is 28.1. The van der Waals surface area contributed by atoms with E-state index in [9.17, 15) is 4.79 Å². The van der Waals surface area contributed by atoms with Gasteiger partial charge in [-0.3, -0.25) is 9.69 Å². The Bertz CT molecular complexity index is 1530. The summed E-state index contributed by atoms with van der Waals surface area (Å²) < 4.78 is 1.77. The van der Waals surface area contributed by atoms with Crippen LogP contribution in [-0.2, 0) is 22.7 Å². The summed E-state index contributed by atoms with van der Waals surface area (Å²) in [6.07, 6.45) is 1.76. The molecule has 2 aromatic carbocycles. The van der Waals surface area contributed by atoms with Crippen LogP contribution < -0.4 is 11.1 Å². The molecule has 2 aromatic heterocycles. The Morgan fingerprint density at radius 1 is 1.00 bits per heavy atom. The van der Waals surface area contributed by atoms with Crippen LogP contribution in [-0.4, -0.2) is 70.2 Å². The molecule has 0 bridgehead atoms. The average molecular weight is 538 g/mol. The SMILES string of the molecule is CN1CCN(CC(C)(C)c2cc(-c3ccc(NC(=O)C4(c5ccccc5)CC4)cc3)c3c(N)nn(C)c3n2)CC1. The lowest BCUT2D eigenvalue weighted by Crippen LogP contribution is -2.48. The minimum atomic E-state index is -0.411. The summed E-state index contributed by atoms with van der Waals surface area (Å²) in [5.41, 5.74) is 11.5. The van der Waals surface area contributed by atoms with E-state index in [1.54, 1.807) is 4.68 Å². The Balaban J connectivity index is 1.29. The molecule has 0 radical (unpaired) electrons. The third kappa shape index (κ3) is 4.86. The molecular formula is C32H39N7O. The highest BCUT2D eigenvalue weighted by molar-refractivity contribution is 6.03. The van der Waals surface area contributed by atoms with Crippen molar-refractivity contribution in [2.45, 2.75) is 37.5 Å². The van der Waals surface area contributed by atoms with Crippen LogP contribution in [0.2, 0.25) is 0 Å². The number of pyridine rings is 1. The van der Waals surface area contributed by atoms with Crippen molar-refractivity contribution < 1.29 is 4.79 Å². The predicted molar refractivity (Wildman–Crippen MR) is 161 cm³/mol. The summed E-state index contributed by atoms with van der Waals surface area (Å²) in [6, 6.07) is 20.3. The second-order valence-corrected chi connectivity index (χ2v) is 12.2. The largest absolute Gasteiger partial charge is 0.382 e. The van der Waals surface area contributed by atoms with Crippen LogP contribution in [0.15, 0.2) is 60.7 Å². The first-order valence-electron chi connectivity index (χ1n) is 14.2. The molecule has 1 saturated heterocycles. The van der Waals surface area contributed by atoms with Crippen molar-refractivity contribution in [3.63, 3.8) is 0 Å². The summed E-state index contributed by atoms with van der Waals surface area (Å²) in [6.45, 7) is 9.76. The molecule has 4 aromatic rings. The topological polar surface area (TPSA) is 92.3 Å². The van der Waals surface area contributed by atoms with Crippen molar-refractivity contribution in [1.29, 1.82) is 0 Å². The van der Waals surface area contributed by atoms with Crippen LogP contribution in [0.25, 0.3) is 22.2 Å². The quantitative estimate of drug-likeness (QED) is 0.363. The van der Waals surface area contributed by atoms with Gasteiger partial charge in [-0.2, -0.15) is 5.10 Å². The highest BCUT2D eigenvalue weighted by atomic mass is 16.2. The molecule has 1 saturated carbocycles. The maximum atomic E-state index is 13.3. The van der Waals surface area contributed by atoms with Gasteiger partial charge in [0.1, 0.15) is 0 Å². The van der Waals surface area contributed by atoms with Crippen LogP contribution in [0, 0.1) is 0 Å². The number of nitrogens with one attached hydrogen (secondary N) is 1. The summed E-state index contributed by atoms with van der Waals surface area (Å²) >= 11 is 0. The first-order chi connectivity index (χ1) is 19.2. The number of nitrogen functional groups attached to an aromatic ring is 1. The number of hydrogen-bond donors (Lipinski definition) is 2. The molecule has 8 heteroatoms. The fourth-order valence-electron chi connectivity index (χ4n) is 6.01. The molecule has 1 amide bonds. The fraction of sp³-hybridized carbons (Fsp3) is 0.406. The number of anilines is 2. The summed E-state index contributed by atoms with van der Waals surface area (Å²) in [4.78, 5) is 23.2. The first-order valence-corrected chi connectivity index (χ1v) is 14.2. The molecule has 3 heterocycles. The molecule has 6 rings (SSSR count). The fourth-order valence-corrected chi connectivity index (χ4v) is 6.01. The molecule has 1 aliphatic heterocycles. The number of carbonyl (C=O) groups is 1. The van der Waals surface area contributed by atoms with Crippen molar-refractivity contribution in [1.82, 2.24) is 24.6 Å². The molecule has 1 aliphatic carbocycles. The first kappa shape index (κ1) is 26.5. The van der Waals surface area contributed by atoms with E-state index in [0.29, 0.717) is 5.82 Å². The third-order valence-corrected chi connectivity index (χ3v) is 8.69. The zero-order valence-electron chi connectivity index (χ0n) is 23.9. The number of carbonyl (C=O) groups excluding carboxylic acids is 1. The van der Waals surface area contributed by atoms with Gasteiger partial charge in [0.05, 0.1) is 16.5 Å². The van der Waals surface area contributed by atoms with E-state index in [0.717, 1.165) is 84.7 Å². The highest BCUT2D eigenvalue weighted by Crippen LogP contribution is 2.49. The Morgan fingerprint density at radius 3 is 2.33 bits per heavy atom. The van der Waals surface area contributed by atoms with Gasteiger partial charge in [0.2, 0.25) is 5.91 Å². The summed E-state index contributed by atoms with van der Waals surface area (Å²) in [5, 5.41) is 8.52. The van der Waals surface area contributed by atoms with Gasteiger partial charge in [-0.1, -0.05) is 56.3 Å². The number of fused-ring (bicyclic) bond motifs is 1. The molecular weight excluding hydrogens is 498 g/mol. The van der Waals surface area contributed by atoms with Crippen LogP contribution in [0.1, 0.15) is 37.9 Å². The monoisotopic (exact) mass is 537 g/mol. The minimum Gasteiger partial charge on any atom is -0.382 e. The van der Waals surface area contributed by atoms with Gasteiger partial charge in [0.25, 0.3) is 0 Å². The second-order valence-electron chi connectivity index (χ2n) is 12.2. The number of aryl methyl sites for hydroxylation is 1. The standard InChI is InChI=1S/C32H39N7O/c1-31(2,21-39-18-16-37(3)17-19-39)26-20-25(27-28(33)36-38(4)29(27)35-26)22-10-12-24(13-11-22)34-30(40)32(14-15-32)23-8-6-5-7-9-23/h5-13,20H,14-19,21H2,1-4H3,(H2,33,36)(H,34,40). The van der Waals surface area contributed by atoms with Crippen molar-refractivity contribution in [3.8, 4) is 11.1 Å². The van der Waals surface area contributed by atoms with Gasteiger partial charge < -0.3 is 16.0 Å². The van der Waals surface area contributed by atoms with E-state index in [4.69, 9.17) is 10.7 Å². The summed E-state index contributed by atoms with van der Waals surface area (Å²) in [7, 11) is 4.08. The number of likely N-dealkylation sites (N-methyl/N-ethyl adjacent to an activating group) is 1. The van der Waals surface area contributed by atoms with Gasteiger partial charge >= 0.3 is 0 Å². The Labute approximate surface area is 236 Å². The molecule has 2 fully saturated rings. The molecule has 208 valence electrons. The predicted octanol–water partition coefficient (Wildman–Crippen LogP) is 4.41. The molecule has 8 nitrogen and oxygen atoms in total. The van der Waals surface area contributed by atoms with Crippen molar-refractivity contribution in [2.75, 3.05) is 50.8 Å². The number of aromatic nitrogens is 3. The van der Waals surface area contributed by atoms with E-state index in [1.807, 2.05) is 49.5 Å². The van der Waals surface area contributed by atoms with Gasteiger partial charge in [0, 0.05) is 50.9 Å². The number of nitrogens with zero attached hydrogens (tertiary/aromatic N) is 5. The Hall–Kier alpha value is -3.75. The molecule has 0 unspecified atom stereocenters. The normalized spacial score (nSPS) is 17.7. The van der Waals surface area contributed by atoms with Crippen LogP contribution >= 0.6 is 0 Å². The second kappa shape index (κ2) is 10.0. The Kier molecular flexibility index (Phi) is 6.63. The molecule has 2 aliphatic rings. The van der Waals surface area contributed by atoms with E-state index < -0.39 is 5.41 Å². The number of amides is 1. The average Bonchev–Trinajstić information content (AvgIpc) is 3.71. The van der Waals surface area contributed by atoms with Crippen LogP contribution in [0.3, 0.4) is 0 Å². The van der Waals surface area contributed by atoms with Gasteiger partial charge in [-0.05, 0) is 54.8 Å². The van der Waals surface area contributed by atoms with Crippen LogP contribution in [0.5, 0.6) is 0 Å². The van der Waals surface area contributed by atoms with Crippen molar-refractivity contribution in [2.24, 2.45) is 7.05 Å². The number of piperazine rings is 1. The maximum Gasteiger partial charge on any atom is 0.235 e. The highest BCUT2D eigenvalue weighted by Gasteiger charge is 2.51. The van der Waals surface area contributed by atoms with Gasteiger partial charge in [0.15, 0.2) is 11.5 Å². The summed E-state index contributed by atoms with van der Waals surface area (Å²) in [5.74, 6) is 0.529. The van der Waals surface area contributed by atoms with E-state index in [1.165, 1.54) is 0 Å². The maximum absolute atomic E-state index is 13.3. The lowest BCUT2D eigenvalue weighted by molar-refractivity contribution is -0.118. The van der Waals surface area contributed by atoms with Crippen molar-refractivity contribution in [3.05, 3.63) is 71.9 Å². The lowest BCUT2D eigenvalue weighted by atomic mass is 9.86.